The van der Waals surface area contributed by atoms with Gasteiger partial charge in [-0.05, 0) is 22.9 Å². The highest BCUT2D eigenvalue weighted by Gasteiger charge is 2.53. The standard InChI is InChI=1S/C17H21NO5/c1-18(9-14-15(20)16(21)17(22,10-19)23-14)13-7-6-11-4-2-3-5-12(11)8-13/h2-8,14-16,19-22H,9-10H2,1H3/t14-,15-,16-,17?/m0/s1. The van der Waals surface area contributed by atoms with Crippen LogP contribution in [-0.4, -0.2) is 64.7 Å². The van der Waals surface area contributed by atoms with Gasteiger partial charge < -0.3 is 30.1 Å². The van der Waals surface area contributed by atoms with E-state index in [2.05, 4.69) is 0 Å². The SMILES string of the molecule is CN(C[C@@H]1OC(O)(CO)[C@@H](O)[C@H]1O)c1ccc2ccccc2c1. The average molecular weight is 319 g/mol. The molecule has 1 aliphatic heterocycles. The molecular formula is C17H21NO5. The van der Waals surface area contributed by atoms with E-state index in [1.165, 1.54) is 0 Å². The Hall–Kier alpha value is -1.70. The molecule has 1 saturated heterocycles. The molecule has 0 aromatic heterocycles. The largest absolute Gasteiger partial charge is 0.391 e. The monoisotopic (exact) mass is 319 g/mol. The molecule has 2 aromatic rings. The Morgan fingerprint density at radius 3 is 2.48 bits per heavy atom. The summed E-state index contributed by atoms with van der Waals surface area (Å²) in [7, 11) is 1.84. The van der Waals surface area contributed by atoms with Crippen molar-refractivity contribution in [3.8, 4) is 0 Å². The minimum Gasteiger partial charge on any atom is -0.391 e. The number of rotatable bonds is 4. The average Bonchev–Trinajstić information content (AvgIpc) is 2.79. The molecule has 1 fully saturated rings. The Kier molecular flexibility index (Phi) is 4.27. The van der Waals surface area contributed by atoms with E-state index in [0.29, 0.717) is 0 Å². The molecule has 124 valence electrons. The second-order valence-corrected chi connectivity index (χ2v) is 6.01. The molecule has 0 radical (unpaired) electrons. The van der Waals surface area contributed by atoms with Gasteiger partial charge in [-0.25, -0.2) is 0 Å². The highest BCUT2D eigenvalue weighted by atomic mass is 16.7. The molecule has 1 unspecified atom stereocenters. The Morgan fingerprint density at radius 1 is 1.13 bits per heavy atom. The topological polar surface area (TPSA) is 93.4 Å². The third kappa shape index (κ3) is 2.91. The van der Waals surface area contributed by atoms with Crippen molar-refractivity contribution in [2.24, 2.45) is 0 Å². The highest BCUT2D eigenvalue weighted by molar-refractivity contribution is 5.85. The number of aliphatic hydroxyl groups is 4. The summed E-state index contributed by atoms with van der Waals surface area (Å²) in [4.78, 5) is 1.87. The number of benzene rings is 2. The Morgan fingerprint density at radius 2 is 1.83 bits per heavy atom. The normalized spacial score (nSPS) is 30.7. The predicted molar refractivity (Wildman–Crippen MR) is 86.1 cm³/mol. The molecule has 4 N–H and O–H groups in total. The van der Waals surface area contributed by atoms with Gasteiger partial charge in [0.2, 0.25) is 5.79 Å². The van der Waals surface area contributed by atoms with E-state index >= 15 is 0 Å². The van der Waals surface area contributed by atoms with Crippen molar-refractivity contribution in [1.29, 1.82) is 0 Å². The van der Waals surface area contributed by atoms with Gasteiger partial charge in [0.1, 0.15) is 18.3 Å². The molecule has 0 amide bonds. The summed E-state index contributed by atoms with van der Waals surface area (Å²) in [5.41, 5.74) is 0.924. The predicted octanol–water partition coefficient (Wildman–Crippen LogP) is 0.0775. The van der Waals surface area contributed by atoms with Gasteiger partial charge in [0.25, 0.3) is 0 Å². The Bertz CT molecular complexity index is 693. The molecular weight excluding hydrogens is 298 g/mol. The summed E-state index contributed by atoms with van der Waals surface area (Å²) in [5.74, 6) is -2.12. The molecule has 2 aromatic carbocycles. The molecule has 1 heterocycles. The van der Waals surface area contributed by atoms with E-state index in [1.807, 2.05) is 54.4 Å². The van der Waals surface area contributed by atoms with Crippen molar-refractivity contribution in [2.75, 3.05) is 25.1 Å². The minimum absolute atomic E-state index is 0.263. The minimum atomic E-state index is -2.12. The molecule has 0 spiro atoms. The molecule has 6 heteroatoms. The lowest BCUT2D eigenvalue weighted by Gasteiger charge is -2.26. The summed E-state index contributed by atoms with van der Waals surface area (Å²) in [6, 6.07) is 14.0. The van der Waals surface area contributed by atoms with Crippen LogP contribution in [0.4, 0.5) is 5.69 Å². The van der Waals surface area contributed by atoms with Crippen LogP contribution in [0.2, 0.25) is 0 Å². The molecule has 0 bridgehead atoms. The fourth-order valence-electron chi connectivity index (χ4n) is 2.94. The van der Waals surface area contributed by atoms with Crippen LogP contribution in [0.5, 0.6) is 0 Å². The smallest absolute Gasteiger partial charge is 0.219 e. The second kappa shape index (κ2) is 6.07. The van der Waals surface area contributed by atoms with E-state index in [9.17, 15) is 15.3 Å². The molecule has 0 saturated carbocycles. The number of fused-ring (bicyclic) bond motifs is 1. The number of aliphatic hydroxyl groups excluding tert-OH is 3. The molecule has 0 aliphatic carbocycles. The molecule has 4 atom stereocenters. The van der Waals surface area contributed by atoms with Crippen LogP contribution in [0.15, 0.2) is 42.5 Å². The lowest BCUT2D eigenvalue weighted by atomic mass is 10.1. The van der Waals surface area contributed by atoms with Crippen LogP contribution in [0.1, 0.15) is 0 Å². The first kappa shape index (κ1) is 16.2. The van der Waals surface area contributed by atoms with Gasteiger partial charge in [-0.1, -0.05) is 30.3 Å². The maximum atomic E-state index is 10.0. The fraction of sp³-hybridized carbons (Fsp3) is 0.412. The van der Waals surface area contributed by atoms with E-state index in [4.69, 9.17) is 9.84 Å². The van der Waals surface area contributed by atoms with Crippen molar-refractivity contribution in [3.63, 3.8) is 0 Å². The zero-order chi connectivity index (χ0) is 16.6. The lowest BCUT2D eigenvalue weighted by molar-refractivity contribution is -0.244. The van der Waals surface area contributed by atoms with Crippen LogP contribution >= 0.6 is 0 Å². The van der Waals surface area contributed by atoms with Crippen LogP contribution < -0.4 is 4.90 Å². The van der Waals surface area contributed by atoms with Gasteiger partial charge in [0.15, 0.2) is 0 Å². The summed E-state index contributed by atoms with van der Waals surface area (Å²) < 4.78 is 5.27. The number of hydrogen-bond donors (Lipinski definition) is 4. The first-order valence-corrected chi connectivity index (χ1v) is 7.52. The van der Waals surface area contributed by atoms with Gasteiger partial charge in [0, 0.05) is 19.3 Å². The van der Waals surface area contributed by atoms with Crippen molar-refractivity contribution in [1.82, 2.24) is 0 Å². The lowest BCUT2D eigenvalue weighted by Crippen LogP contribution is -2.46. The second-order valence-electron chi connectivity index (χ2n) is 6.01. The zero-order valence-electron chi connectivity index (χ0n) is 12.8. The first-order chi connectivity index (χ1) is 10.9. The summed E-state index contributed by atoms with van der Waals surface area (Å²) in [6.45, 7) is -0.514. The third-order valence-electron chi connectivity index (χ3n) is 4.38. The maximum Gasteiger partial charge on any atom is 0.219 e. The van der Waals surface area contributed by atoms with Crippen LogP contribution in [-0.2, 0) is 4.74 Å². The summed E-state index contributed by atoms with van der Waals surface area (Å²) in [6.07, 6.45) is -3.61. The van der Waals surface area contributed by atoms with Gasteiger partial charge in [0.05, 0.1) is 6.61 Å². The quantitative estimate of drug-likeness (QED) is 0.638. The van der Waals surface area contributed by atoms with Gasteiger partial charge in [-0.3, -0.25) is 0 Å². The number of anilines is 1. The molecule has 3 rings (SSSR count). The summed E-state index contributed by atoms with van der Waals surface area (Å²) >= 11 is 0. The number of likely N-dealkylation sites (N-methyl/N-ethyl adjacent to an activating group) is 1. The molecule has 1 aliphatic rings. The van der Waals surface area contributed by atoms with Crippen molar-refractivity contribution >= 4 is 16.5 Å². The van der Waals surface area contributed by atoms with Gasteiger partial charge in [-0.2, -0.15) is 0 Å². The summed E-state index contributed by atoms with van der Waals surface area (Å²) in [5, 5.41) is 41.1. The van der Waals surface area contributed by atoms with E-state index < -0.39 is 30.7 Å². The van der Waals surface area contributed by atoms with E-state index in [1.54, 1.807) is 0 Å². The number of hydrogen-bond acceptors (Lipinski definition) is 6. The van der Waals surface area contributed by atoms with Crippen LogP contribution in [0.3, 0.4) is 0 Å². The fourth-order valence-corrected chi connectivity index (χ4v) is 2.94. The Balaban J connectivity index is 1.77. The van der Waals surface area contributed by atoms with Gasteiger partial charge in [-0.15, -0.1) is 0 Å². The first-order valence-electron chi connectivity index (χ1n) is 7.52. The van der Waals surface area contributed by atoms with Crippen LogP contribution in [0.25, 0.3) is 10.8 Å². The van der Waals surface area contributed by atoms with Crippen molar-refractivity contribution in [3.05, 3.63) is 42.5 Å². The zero-order valence-corrected chi connectivity index (χ0v) is 12.8. The van der Waals surface area contributed by atoms with Crippen LogP contribution in [0, 0.1) is 0 Å². The third-order valence-corrected chi connectivity index (χ3v) is 4.38. The molecule has 6 nitrogen and oxygen atoms in total. The maximum absolute atomic E-state index is 10.0. The molecule has 23 heavy (non-hydrogen) atoms. The Labute approximate surface area is 134 Å². The van der Waals surface area contributed by atoms with E-state index in [0.717, 1.165) is 16.5 Å². The van der Waals surface area contributed by atoms with Crippen molar-refractivity contribution in [2.45, 2.75) is 24.1 Å². The number of nitrogens with zero attached hydrogens (tertiary/aromatic N) is 1. The van der Waals surface area contributed by atoms with Crippen molar-refractivity contribution < 1.29 is 25.2 Å². The van der Waals surface area contributed by atoms with Gasteiger partial charge >= 0.3 is 0 Å². The van der Waals surface area contributed by atoms with E-state index in [-0.39, 0.29) is 6.54 Å². The highest BCUT2D eigenvalue weighted by Crippen LogP contribution is 2.30. The number of ether oxygens (including phenoxy) is 1.